The van der Waals surface area contributed by atoms with E-state index in [1.165, 1.54) is 4.90 Å². The topological polar surface area (TPSA) is 99.8 Å². The number of piperidine rings is 1. The molecular formula is C19H23N5O4S. The Balaban J connectivity index is 1.38. The highest BCUT2D eigenvalue weighted by atomic mass is 32.1. The molecule has 10 heteroatoms. The number of carbonyl (C=O) groups is 3. The molecule has 0 bridgehead atoms. The lowest BCUT2D eigenvalue weighted by Crippen LogP contribution is -2.59. The van der Waals surface area contributed by atoms with E-state index in [2.05, 4.69) is 10.1 Å². The summed E-state index contributed by atoms with van der Waals surface area (Å²) in [7, 11) is 0. The van der Waals surface area contributed by atoms with Crippen LogP contribution in [0.25, 0.3) is 11.4 Å². The van der Waals surface area contributed by atoms with Gasteiger partial charge in [0.05, 0.1) is 0 Å². The highest BCUT2D eigenvalue weighted by Gasteiger charge is 2.38. The van der Waals surface area contributed by atoms with Crippen LogP contribution in [0.2, 0.25) is 0 Å². The molecule has 2 aliphatic heterocycles. The van der Waals surface area contributed by atoms with E-state index in [1.807, 2.05) is 23.8 Å². The molecule has 0 saturated carbocycles. The van der Waals surface area contributed by atoms with E-state index in [9.17, 15) is 14.4 Å². The molecule has 0 N–H and O–H groups in total. The van der Waals surface area contributed by atoms with Gasteiger partial charge in [-0.1, -0.05) is 5.16 Å². The average Bonchev–Trinajstić information content (AvgIpc) is 3.42. The van der Waals surface area contributed by atoms with Crippen molar-refractivity contribution < 1.29 is 18.9 Å². The smallest absolute Gasteiger partial charge is 0.327 e. The van der Waals surface area contributed by atoms with E-state index >= 15 is 0 Å². The normalized spacial score (nSPS) is 20.4. The zero-order chi connectivity index (χ0) is 20.4. The first-order valence-electron chi connectivity index (χ1n) is 9.81. The maximum absolute atomic E-state index is 12.9. The number of carbonyl (C=O) groups excluding carboxylic acids is 3. The van der Waals surface area contributed by atoms with Gasteiger partial charge in [-0.15, -0.1) is 0 Å². The predicted octanol–water partition coefficient (Wildman–Crippen LogP) is 1.86. The Hall–Kier alpha value is -2.75. The molecule has 0 spiro atoms. The van der Waals surface area contributed by atoms with E-state index in [4.69, 9.17) is 4.52 Å². The molecule has 29 heavy (non-hydrogen) atoms. The summed E-state index contributed by atoms with van der Waals surface area (Å²) in [5, 5.41) is 7.96. The first-order valence-corrected chi connectivity index (χ1v) is 10.8. The second-order valence-corrected chi connectivity index (χ2v) is 8.09. The molecule has 2 aliphatic rings. The Kier molecular flexibility index (Phi) is 5.61. The lowest BCUT2D eigenvalue weighted by molar-refractivity contribution is -0.154. The first-order chi connectivity index (χ1) is 14.1. The van der Waals surface area contributed by atoms with Crippen molar-refractivity contribution in [3.05, 3.63) is 22.7 Å². The van der Waals surface area contributed by atoms with Crippen LogP contribution in [0.1, 0.15) is 25.7 Å². The minimum Gasteiger partial charge on any atom is -0.339 e. The zero-order valence-corrected chi connectivity index (χ0v) is 17.1. The van der Waals surface area contributed by atoms with E-state index in [0.717, 1.165) is 23.3 Å². The van der Waals surface area contributed by atoms with Gasteiger partial charge in [0.15, 0.2) is 0 Å². The number of likely N-dealkylation sites (N-methyl/N-ethyl adjacent to an activating group) is 1. The Bertz CT molecular complexity index is 896. The molecule has 4 heterocycles. The summed E-state index contributed by atoms with van der Waals surface area (Å²) < 4.78 is 5.38. The van der Waals surface area contributed by atoms with Crippen LogP contribution in [0.4, 0.5) is 4.79 Å². The molecule has 2 aromatic rings. The number of hydrogen-bond donors (Lipinski definition) is 0. The number of urea groups is 1. The third kappa shape index (κ3) is 4.02. The maximum Gasteiger partial charge on any atom is 0.327 e. The van der Waals surface area contributed by atoms with Crippen LogP contribution in [0, 0.1) is 5.92 Å². The number of nitrogens with zero attached hydrogens (tertiary/aromatic N) is 5. The van der Waals surface area contributed by atoms with Crippen molar-refractivity contribution in [3.63, 3.8) is 0 Å². The van der Waals surface area contributed by atoms with Crippen molar-refractivity contribution in [2.75, 3.05) is 32.7 Å². The van der Waals surface area contributed by atoms with Gasteiger partial charge in [0.25, 0.3) is 0 Å². The van der Waals surface area contributed by atoms with Gasteiger partial charge in [-0.05, 0) is 37.1 Å². The van der Waals surface area contributed by atoms with Gasteiger partial charge in [0.1, 0.15) is 0 Å². The summed E-state index contributed by atoms with van der Waals surface area (Å²) in [4.78, 5) is 46.0. The summed E-state index contributed by atoms with van der Waals surface area (Å²) in [6.07, 6.45) is 2.35. The molecule has 9 nitrogen and oxygen atoms in total. The fraction of sp³-hybridized carbons (Fsp3) is 0.526. The van der Waals surface area contributed by atoms with Crippen molar-refractivity contribution in [2.24, 2.45) is 5.92 Å². The minimum absolute atomic E-state index is 0.172. The summed E-state index contributed by atoms with van der Waals surface area (Å²) in [6.45, 7) is 4.00. The molecule has 4 rings (SSSR count). The van der Waals surface area contributed by atoms with Crippen LogP contribution in [0.5, 0.6) is 0 Å². The Labute approximate surface area is 172 Å². The molecule has 4 amide bonds. The number of likely N-dealkylation sites (tertiary alicyclic amines) is 1. The van der Waals surface area contributed by atoms with Gasteiger partial charge in [-0.3, -0.25) is 14.5 Å². The van der Waals surface area contributed by atoms with Gasteiger partial charge in [0.2, 0.25) is 11.7 Å². The standard InChI is InChI=1S/C19H23N5O4S/c1-2-22-7-8-24(18(26)17(22)25)19(27)23-6-3-4-13(11-23)10-15-20-16(21-28-15)14-5-9-29-12-14/h5,9,12-13H,2-4,6-8,10-11H2,1H3. The van der Waals surface area contributed by atoms with E-state index in [-0.39, 0.29) is 18.5 Å². The number of aromatic nitrogens is 2. The number of thiophene rings is 1. The molecule has 2 saturated heterocycles. The summed E-state index contributed by atoms with van der Waals surface area (Å²) in [5.41, 5.74) is 0.930. The quantitative estimate of drug-likeness (QED) is 0.704. The fourth-order valence-corrected chi connectivity index (χ4v) is 4.46. The Morgan fingerprint density at radius 3 is 2.90 bits per heavy atom. The summed E-state index contributed by atoms with van der Waals surface area (Å²) in [5.74, 6) is -0.0440. The van der Waals surface area contributed by atoms with Crippen LogP contribution in [0.15, 0.2) is 21.3 Å². The molecular weight excluding hydrogens is 394 g/mol. The fourth-order valence-electron chi connectivity index (χ4n) is 3.83. The zero-order valence-electron chi connectivity index (χ0n) is 16.2. The van der Waals surface area contributed by atoms with Crippen molar-refractivity contribution in [2.45, 2.75) is 26.2 Å². The van der Waals surface area contributed by atoms with Crippen molar-refractivity contribution in [1.82, 2.24) is 24.8 Å². The molecule has 2 aromatic heterocycles. The second kappa shape index (κ2) is 8.32. The van der Waals surface area contributed by atoms with Gasteiger partial charge < -0.3 is 14.3 Å². The SMILES string of the molecule is CCN1CCN(C(=O)N2CCCC(Cc3nc(-c4ccsc4)no3)C2)C(=O)C1=O. The van der Waals surface area contributed by atoms with Crippen molar-refractivity contribution in [1.29, 1.82) is 0 Å². The molecule has 154 valence electrons. The third-order valence-corrected chi connectivity index (χ3v) is 6.10. The highest BCUT2D eigenvalue weighted by Crippen LogP contribution is 2.24. The third-order valence-electron chi connectivity index (χ3n) is 5.42. The van der Waals surface area contributed by atoms with Gasteiger partial charge in [-0.25, -0.2) is 4.79 Å². The van der Waals surface area contributed by atoms with Crippen LogP contribution in [-0.2, 0) is 16.0 Å². The first kappa shape index (κ1) is 19.6. The molecule has 0 aromatic carbocycles. The summed E-state index contributed by atoms with van der Waals surface area (Å²) >= 11 is 1.57. The van der Waals surface area contributed by atoms with Gasteiger partial charge in [-0.2, -0.15) is 16.3 Å². The van der Waals surface area contributed by atoms with Crippen LogP contribution < -0.4 is 0 Å². The number of hydrogen-bond acceptors (Lipinski definition) is 7. The van der Waals surface area contributed by atoms with E-state index in [0.29, 0.717) is 44.3 Å². The van der Waals surface area contributed by atoms with E-state index in [1.54, 1.807) is 16.2 Å². The Morgan fingerprint density at radius 2 is 2.14 bits per heavy atom. The van der Waals surface area contributed by atoms with Crippen LogP contribution in [-0.4, -0.2) is 75.4 Å². The van der Waals surface area contributed by atoms with E-state index < -0.39 is 11.8 Å². The lowest BCUT2D eigenvalue weighted by Gasteiger charge is -2.38. The van der Waals surface area contributed by atoms with Crippen LogP contribution >= 0.6 is 11.3 Å². The molecule has 1 atom stereocenters. The van der Waals surface area contributed by atoms with Crippen molar-refractivity contribution >= 4 is 29.2 Å². The average molecular weight is 417 g/mol. The Morgan fingerprint density at radius 1 is 1.28 bits per heavy atom. The minimum atomic E-state index is -0.734. The maximum atomic E-state index is 12.9. The molecule has 2 fully saturated rings. The largest absolute Gasteiger partial charge is 0.339 e. The van der Waals surface area contributed by atoms with Gasteiger partial charge in [0, 0.05) is 50.1 Å². The number of imide groups is 1. The lowest BCUT2D eigenvalue weighted by atomic mass is 9.95. The molecule has 0 aliphatic carbocycles. The molecule has 1 unspecified atom stereocenters. The number of amides is 4. The predicted molar refractivity (Wildman–Crippen MR) is 105 cm³/mol. The highest BCUT2D eigenvalue weighted by molar-refractivity contribution is 7.08. The van der Waals surface area contributed by atoms with Gasteiger partial charge >= 0.3 is 17.8 Å². The summed E-state index contributed by atoms with van der Waals surface area (Å²) in [6, 6.07) is 1.56. The monoisotopic (exact) mass is 417 g/mol. The number of piperazine rings is 1. The number of rotatable bonds is 4. The molecule has 0 radical (unpaired) electrons. The van der Waals surface area contributed by atoms with Crippen LogP contribution in [0.3, 0.4) is 0 Å². The van der Waals surface area contributed by atoms with Crippen molar-refractivity contribution in [3.8, 4) is 11.4 Å². The second-order valence-electron chi connectivity index (χ2n) is 7.31.